The summed E-state index contributed by atoms with van der Waals surface area (Å²) in [5.74, 6) is -6.22. The smallest absolute Gasteiger partial charge is 0.162 e. The summed E-state index contributed by atoms with van der Waals surface area (Å²) in [5.41, 5.74) is 0.633. The van der Waals surface area contributed by atoms with Crippen molar-refractivity contribution in [3.8, 4) is 11.1 Å². The standard InChI is InChI=1S/C25H20F6/c1-2-3-13-4-7-17(25(31)23(13)29)14-5-8-18-16(10-14)12-21(28)22(24(18)30)15-6-9-19(26)20(27)11-15/h4,6-7,9,11-12,14H,2-3,5,8,10H2,1H3. The first-order chi connectivity index (χ1) is 14.8. The molecule has 1 atom stereocenters. The van der Waals surface area contributed by atoms with Gasteiger partial charge in [-0.2, -0.15) is 0 Å². The third-order valence-corrected chi connectivity index (χ3v) is 5.98. The molecule has 0 radical (unpaired) electrons. The highest BCUT2D eigenvalue weighted by Crippen LogP contribution is 2.39. The van der Waals surface area contributed by atoms with Crippen molar-refractivity contribution in [3.05, 3.63) is 93.6 Å². The molecule has 0 saturated carbocycles. The Bertz CT molecular complexity index is 1150. The van der Waals surface area contributed by atoms with E-state index in [-0.39, 0.29) is 29.5 Å². The topological polar surface area (TPSA) is 0 Å². The summed E-state index contributed by atoms with van der Waals surface area (Å²) in [6, 6.07) is 6.97. The van der Waals surface area contributed by atoms with E-state index in [4.69, 9.17) is 0 Å². The molecule has 0 saturated heterocycles. The van der Waals surface area contributed by atoms with E-state index >= 15 is 4.39 Å². The summed E-state index contributed by atoms with van der Waals surface area (Å²) in [6.07, 6.45) is 1.83. The molecule has 31 heavy (non-hydrogen) atoms. The van der Waals surface area contributed by atoms with Crippen molar-refractivity contribution >= 4 is 0 Å². The molecule has 0 fully saturated rings. The van der Waals surface area contributed by atoms with Crippen LogP contribution in [0.25, 0.3) is 11.1 Å². The van der Waals surface area contributed by atoms with Crippen LogP contribution < -0.4 is 0 Å². The minimum atomic E-state index is -1.20. The molecule has 1 aliphatic rings. The van der Waals surface area contributed by atoms with E-state index in [2.05, 4.69) is 0 Å². The van der Waals surface area contributed by atoms with Crippen molar-refractivity contribution in [1.29, 1.82) is 0 Å². The van der Waals surface area contributed by atoms with Crippen molar-refractivity contribution in [1.82, 2.24) is 0 Å². The van der Waals surface area contributed by atoms with Crippen LogP contribution in [0.5, 0.6) is 0 Å². The molecule has 1 aliphatic carbocycles. The predicted molar refractivity (Wildman–Crippen MR) is 107 cm³/mol. The lowest BCUT2D eigenvalue weighted by Gasteiger charge is -2.27. The minimum Gasteiger partial charge on any atom is -0.206 e. The number of fused-ring (bicyclic) bond motifs is 1. The first-order valence-corrected chi connectivity index (χ1v) is 10.2. The first-order valence-electron chi connectivity index (χ1n) is 10.2. The van der Waals surface area contributed by atoms with Crippen molar-refractivity contribution in [2.45, 2.75) is 44.9 Å². The van der Waals surface area contributed by atoms with Crippen molar-refractivity contribution in [2.24, 2.45) is 0 Å². The highest BCUT2D eigenvalue weighted by molar-refractivity contribution is 5.67. The van der Waals surface area contributed by atoms with Crippen LogP contribution in [0.3, 0.4) is 0 Å². The third-order valence-electron chi connectivity index (χ3n) is 5.98. The molecule has 0 bridgehead atoms. The molecule has 0 spiro atoms. The molecule has 162 valence electrons. The van der Waals surface area contributed by atoms with E-state index in [1.807, 2.05) is 6.92 Å². The van der Waals surface area contributed by atoms with E-state index in [0.717, 1.165) is 24.3 Å². The second kappa shape index (κ2) is 8.40. The number of hydrogen-bond donors (Lipinski definition) is 0. The van der Waals surface area contributed by atoms with Gasteiger partial charge in [0.25, 0.3) is 0 Å². The summed E-state index contributed by atoms with van der Waals surface area (Å²) < 4.78 is 85.7. The van der Waals surface area contributed by atoms with Gasteiger partial charge in [-0.25, -0.2) is 26.3 Å². The molecule has 0 aromatic heterocycles. The lowest BCUT2D eigenvalue weighted by Crippen LogP contribution is -2.17. The van der Waals surface area contributed by atoms with Crippen LogP contribution in [0.2, 0.25) is 0 Å². The zero-order valence-electron chi connectivity index (χ0n) is 16.8. The van der Waals surface area contributed by atoms with Gasteiger partial charge in [-0.1, -0.05) is 31.5 Å². The maximum absolute atomic E-state index is 15.2. The van der Waals surface area contributed by atoms with Gasteiger partial charge in [-0.05, 0) is 77.6 Å². The molecule has 0 N–H and O–H groups in total. The molecule has 0 nitrogen and oxygen atoms in total. The Kier molecular flexibility index (Phi) is 5.82. The molecule has 3 aromatic carbocycles. The molecular formula is C25H20F6. The Balaban J connectivity index is 1.70. The van der Waals surface area contributed by atoms with Gasteiger partial charge in [-0.3, -0.25) is 0 Å². The highest BCUT2D eigenvalue weighted by atomic mass is 19.2. The zero-order chi connectivity index (χ0) is 22.3. The number of benzene rings is 3. The fourth-order valence-electron chi connectivity index (χ4n) is 4.41. The van der Waals surface area contributed by atoms with Gasteiger partial charge in [0.2, 0.25) is 0 Å². The van der Waals surface area contributed by atoms with E-state index < -0.39 is 46.4 Å². The molecule has 4 rings (SSSR count). The first kappa shape index (κ1) is 21.5. The van der Waals surface area contributed by atoms with Crippen LogP contribution in [0.15, 0.2) is 36.4 Å². The summed E-state index contributed by atoms with van der Waals surface area (Å²) in [4.78, 5) is 0. The summed E-state index contributed by atoms with van der Waals surface area (Å²) in [5, 5.41) is 0. The van der Waals surface area contributed by atoms with Crippen LogP contribution >= 0.6 is 0 Å². The molecule has 0 aliphatic heterocycles. The maximum atomic E-state index is 15.2. The average Bonchev–Trinajstić information content (AvgIpc) is 2.74. The molecule has 6 heteroatoms. The zero-order valence-corrected chi connectivity index (χ0v) is 16.8. The number of rotatable bonds is 4. The highest BCUT2D eigenvalue weighted by Gasteiger charge is 2.29. The minimum absolute atomic E-state index is 0.0987. The lowest BCUT2D eigenvalue weighted by atomic mass is 9.78. The maximum Gasteiger partial charge on any atom is 0.162 e. The van der Waals surface area contributed by atoms with E-state index in [1.165, 1.54) is 0 Å². The lowest BCUT2D eigenvalue weighted by molar-refractivity contribution is 0.462. The molecule has 1 unspecified atom stereocenters. The van der Waals surface area contributed by atoms with Crippen LogP contribution in [-0.2, 0) is 19.3 Å². The number of hydrogen-bond acceptors (Lipinski definition) is 0. The van der Waals surface area contributed by atoms with Gasteiger partial charge in [0.05, 0.1) is 5.56 Å². The van der Waals surface area contributed by atoms with Gasteiger partial charge in [0, 0.05) is 0 Å². The van der Waals surface area contributed by atoms with Crippen molar-refractivity contribution in [2.75, 3.05) is 0 Å². The van der Waals surface area contributed by atoms with E-state index in [0.29, 0.717) is 30.4 Å². The largest absolute Gasteiger partial charge is 0.206 e. The van der Waals surface area contributed by atoms with Crippen LogP contribution in [0, 0.1) is 34.9 Å². The Morgan fingerprint density at radius 1 is 0.806 bits per heavy atom. The fraction of sp³-hybridized carbons (Fsp3) is 0.280. The average molecular weight is 434 g/mol. The quantitative estimate of drug-likeness (QED) is 0.375. The Morgan fingerprint density at radius 3 is 2.29 bits per heavy atom. The van der Waals surface area contributed by atoms with Crippen LogP contribution in [0.4, 0.5) is 26.3 Å². The summed E-state index contributed by atoms with van der Waals surface area (Å²) in [6.45, 7) is 1.88. The van der Waals surface area contributed by atoms with E-state index in [9.17, 15) is 22.0 Å². The van der Waals surface area contributed by atoms with E-state index in [1.54, 1.807) is 12.1 Å². The van der Waals surface area contributed by atoms with Gasteiger partial charge < -0.3 is 0 Å². The number of halogens is 6. The van der Waals surface area contributed by atoms with Crippen LogP contribution in [-0.4, -0.2) is 0 Å². The molecule has 0 amide bonds. The van der Waals surface area contributed by atoms with Gasteiger partial charge >= 0.3 is 0 Å². The predicted octanol–water partition coefficient (Wildman–Crippen LogP) is 7.41. The molecule has 0 heterocycles. The van der Waals surface area contributed by atoms with Crippen molar-refractivity contribution in [3.63, 3.8) is 0 Å². The fourth-order valence-corrected chi connectivity index (χ4v) is 4.41. The third kappa shape index (κ3) is 3.84. The normalized spacial score (nSPS) is 15.8. The second-order valence-corrected chi connectivity index (χ2v) is 7.95. The molecule has 3 aromatic rings. The summed E-state index contributed by atoms with van der Waals surface area (Å²) in [7, 11) is 0. The Hall–Kier alpha value is -2.76. The van der Waals surface area contributed by atoms with Gasteiger partial charge in [0.1, 0.15) is 11.6 Å². The Morgan fingerprint density at radius 2 is 1.58 bits per heavy atom. The second-order valence-electron chi connectivity index (χ2n) is 7.95. The van der Waals surface area contributed by atoms with Crippen LogP contribution in [0.1, 0.15) is 47.9 Å². The molecular weight excluding hydrogens is 414 g/mol. The number of aryl methyl sites for hydroxylation is 1. The van der Waals surface area contributed by atoms with Gasteiger partial charge in [0.15, 0.2) is 23.3 Å². The monoisotopic (exact) mass is 434 g/mol. The van der Waals surface area contributed by atoms with Crippen molar-refractivity contribution < 1.29 is 26.3 Å². The SMILES string of the molecule is CCCc1ccc(C2CCc3c(cc(F)c(-c4ccc(F)c(F)c4)c3F)C2)c(F)c1F. The summed E-state index contributed by atoms with van der Waals surface area (Å²) >= 11 is 0. The Labute approximate surface area is 176 Å². The van der Waals surface area contributed by atoms with Gasteiger partial charge in [-0.15, -0.1) is 0 Å².